The number of hydrogen-bond donors (Lipinski definition) is 1. The van der Waals surface area contributed by atoms with Crippen LogP contribution >= 0.6 is 7.14 Å². The average molecular weight is 548 g/mol. The molecule has 1 N–H and O–H groups in total. The van der Waals surface area contributed by atoms with Gasteiger partial charge in [-0.05, 0) is 19.9 Å². The summed E-state index contributed by atoms with van der Waals surface area (Å²) in [6, 6.07) is 4.82. The van der Waals surface area contributed by atoms with Crippen LogP contribution in [0, 0.1) is 12.7 Å². The summed E-state index contributed by atoms with van der Waals surface area (Å²) >= 11 is 0. The molecular formula is C25H25F4N6O2P. The van der Waals surface area contributed by atoms with E-state index in [-0.39, 0.29) is 31.0 Å². The van der Waals surface area contributed by atoms with Crippen molar-refractivity contribution in [2.75, 3.05) is 37.4 Å². The van der Waals surface area contributed by atoms with Gasteiger partial charge >= 0.3 is 0 Å². The van der Waals surface area contributed by atoms with Gasteiger partial charge in [0.15, 0.2) is 12.3 Å². The number of aromatic nitrogens is 4. The molecule has 5 rings (SSSR count). The molecule has 13 heteroatoms. The highest BCUT2D eigenvalue weighted by molar-refractivity contribution is 7.72. The first kappa shape index (κ1) is 26.1. The summed E-state index contributed by atoms with van der Waals surface area (Å²) in [5.41, 5.74) is 0.300. The first-order valence-corrected chi connectivity index (χ1v) is 14.1. The number of fused-ring (bicyclic) bond motifs is 3. The molecule has 0 aliphatic carbocycles. The molecule has 1 aliphatic heterocycles. The summed E-state index contributed by atoms with van der Waals surface area (Å²) in [7, 11) is -3.05. The van der Waals surface area contributed by atoms with E-state index in [2.05, 4.69) is 20.3 Å². The molecule has 0 bridgehead atoms. The number of carbonyl (C=O) groups is 1. The average Bonchev–Trinajstić information content (AvgIpc) is 3.38. The van der Waals surface area contributed by atoms with Crippen molar-refractivity contribution in [2.45, 2.75) is 26.3 Å². The SMILES string of the molecule is Cc1nc(N[C@H](C)c2cccc(C(F)F)c2F)c2cc(P3(=O)CCN(C(=O)CF)CC3)c3nccn3c2n1. The maximum Gasteiger partial charge on any atom is 0.266 e. The molecule has 8 nitrogen and oxygen atoms in total. The molecule has 0 radical (unpaired) electrons. The Labute approximate surface area is 215 Å². The van der Waals surface area contributed by atoms with Crippen LogP contribution in [0.15, 0.2) is 36.7 Å². The molecular weight excluding hydrogens is 523 g/mol. The Hall–Kier alpha value is -3.53. The lowest BCUT2D eigenvalue weighted by Gasteiger charge is -2.32. The number of rotatable bonds is 6. The van der Waals surface area contributed by atoms with Crippen molar-refractivity contribution in [1.29, 1.82) is 0 Å². The van der Waals surface area contributed by atoms with E-state index >= 15 is 0 Å². The lowest BCUT2D eigenvalue weighted by molar-refractivity contribution is -0.131. The van der Waals surface area contributed by atoms with E-state index in [9.17, 15) is 26.9 Å². The number of anilines is 1. The van der Waals surface area contributed by atoms with Crippen LogP contribution in [-0.4, -0.2) is 62.2 Å². The van der Waals surface area contributed by atoms with Crippen molar-refractivity contribution in [3.05, 3.63) is 59.4 Å². The van der Waals surface area contributed by atoms with E-state index in [0.717, 1.165) is 6.07 Å². The zero-order chi connectivity index (χ0) is 27.2. The Morgan fingerprint density at radius 3 is 2.55 bits per heavy atom. The minimum Gasteiger partial charge on any atom is -0.363 e. The third-order valence-corrected chi connectivity index (χ3v) is 9.95. The number of aryl methyl sites for hydroxylation is 1. The molecule has 0 unspecified atom stereocenters. The van der Waals surface area contributed by atoms with Crippen LogP contribution in [-0.2, 0) is 9.36 Å². The number of imidazole rings is 1. The number of nitrogens with zero attached hydrogens (tertiary/aromatic N) is 5. The first-order chi connectivity index (χ1) is 18.1. The van der Waals surface area contributed by atoms with Gasteiger partial charge in [-0.1, -0.05) is 18.2 Å². The fourth-order valence-electron chi connectivity index (χ4n) is 4.88. The molecule has 38 heavy (non-hydrogen) atoms. The molecule has 200 valence electrons. The van der Waals surface area contributed by atoms with Crippen LogP contribution in [0.1, 0.15) is 36.3 Å². The minimum absolute atomic E-state index is 0.0499. The Morgan fingerprint density at radius 2 is 1.87 bits per heavy atom. The van der Waals surface area contributed by atoms with Crippen LogP contribution in [0.4, 0.5) is 23.4 Å². The molecule has 3 aromatic heterocycles. The highest BCUT2D eigenvalue weighted by Gasteiger charge is 2.35. The molecule has 1 aliphatic rings. The van der Waals surface area contributed by atoms with Crippen LogP contribution in [0.2, 0.25) is 0 Å². The number of halogens is 4. The van der Waals surface area contributed by atoms with E-state index in [1.54, 1.807) is 36.7 Å². The summed E-state index contributed by atoms with van der Waals surface area (Å²) in [4.78, 5) is 26.6. The quantitative estimate of drug-likeness (QED) is 0.279. The van der Waals surface area contributed by atoms with Gasteiger partial charge in [-0.15, -0.1) is 0 Å². The molecule has 1 fully saturated rings. The highest BCUT2D eigenvalue weighted by atomic mass is 31.2. The number of carbonyl (C=O) groups excluding carboxylic acids is 1. The van der Waals surface area contributed by atoms with Gasteiger partial charge in [-0.25, -0.2) is 32.5 Å². The summed E-state index contributed by atoms with van der Waals surface area (Å²) in [6.45, 7) is 2.54. The van der Waals surface area contributed by atoms with Crippen LogP contribution in [0.5, 0.6) is 0 Å². The van der Waals surface area contributed by atoms with Crippen molar-refractivity contribution in [1.82, 2.24) is 24.3 Å². The van der Waals surface area contributed by atoms with Crippen molar-refractivity contribution in [2.24, 2.45) is 0 Å². The van der Waals surface area contributed by atoms with Gasteiger partial charge in [0.1, 0.15) is 30.2 Å². The molecule has 4 heterocycles. The molecule has 4 aromatic rings. The molecule has 1 amide bonds. The largest absolute Gasteiger partial charge is 0.363 e. The lowest BCUT2D eigenvalue weighted by Crippen LogP contribution is -2.42. The predicted octanol–water partition coefficient (Wildman–Crippen LogP) is 4.64. The van der Waals surface area contributed by atoms with Gasteiger partial charge in [0.05, 0.1) is 22.3 Å². The van der Waals surface area contributed by atoms with Crippen molar-refractivity contribution in [3.8, 4) is 0 Å². The smallest absolute Gasteiger partial charge is 0.266 e. The van der Waals surface area contributed by atoms with Gasteiger partial charge in [-0.2, -0.15) is 0 Å². The number of nitrogens with one attached hydrogen (secondary N) is 1. The number of pyridine rings is 1. The number of amides is 1. The van der Waals surface area contributed by atoms with E-state index in [0.29, 0.717) is 33.6 Å². The third-order valence-electron chi connectivity index (χ3n) is 6.90. The van der Waals surface area contributed by atoms with E-state index in [1.807, 2.05) is 0 Å². The van der Waals surface area contributed by atoms with Crippen LogP contribution in [0.25, 0.3) is 16.7 Å². The maximum absolute atomic E-state index is 14.9. The summed E-state index contributed by atoms with van der Waals surface area (Å²) in [5.74, 6) is -0.902. The lowest BCUT2D eigenvalue weighted by atomic mass is 10.0. The second-order valence-electron chi connectivity index (χ2n) is 9.28. The molecule has 1 aromatic carbocycles. The zero-order valence-corrected chi connectivity index (χ0v) is 21.6. The standard InChI is InChI=1S/C25H25F4N6O2P/c1-14(16-4-3-5-17(21(16)27)22(28)29)31-23-18-12-19(38(37)10-8-34(9-11-38)20(36)13-26)25-30-6-7-35(25)24(18)33-15(2)32-23/h3-7,12,14,22H,8-11,13H2,1-2H3,(H,31,32,33)/t14-/m1/s1. The Morgan fingerprint density at radius 1 is 1.16 bits per heavy atom. The minimum atomic E-state index is -3.05. The van der Waals surface area contributed by atoms with Crippen LogP contribution < -0.4 is 10.6 Å². The normalized spacial score (nSPS) is 16.3. The predicted molar refractivity (Wildman–Crippen MR) is 136 cm³/mol. The number of alkyl halides is 3. The van der Waals surface area contributed by atoms with Crippen molar-refractivity contribution >= 4 is 40.9 Å². The maximum atomic E-state index is 14.9. The second-order valence-corrected chi connectivity index (χ2v) is 12.4. The second kappa shape index (κ2) is 9.98. The van der Waals surface area contributed by atoms with E-state index in [4.69, 9.17) is 0 Å². The molecule has 0 saturated carbocycles. The highest BCUT2D eigenvalue weighted by Crippen LogP contribution is 2.48. The van der Waals surface area contributed by atoms with Gasteiger partial charge in [0.2, 0.25) is 0 Å². The van der Waals surface area contributed by atoms with E-state index in [1.165, 1.54) is 17.0 Å². The summed E-state index contributed by atoms with van der Waals surface area (Å²) in [6.07, 6.45) is 0.632. The topological polar surface area (TPSA) is 92.5 Å². The van der Waals surface area contributed by atoms with E-state index < -0.39 is 43.6 Å². The first-order valence-electron chi connectivity index (χ1n) is 12.0. The van der Waals surface area contributed by atoms with Crippen molar-refractivity contribution in [3.63, 3.8) is 0 Å². The zero-order valence-electron chi connectivity index (χ0n) is 20.7. The third kappa shape index (κ3) is 4.51. The van der Waals surface area contributed by atoms with Gasteiger partial charge < -0.3 is 14.8 Å². The number of benzene rings is 1. The van der Waals surface area contributed by atoms with Crippen LogP contribution in [0.3, 0.4) is 0 Å². The summed E-state index contributed by atoms with van der Waals surface area (Å²) < 4.78 is 70.1. The van der Waals surface area contributed by atoms with Gasteiger partial charge in [0.25, 0.3) is 12.3 Å². The fourth-order valence-corrected chi connectivity index (χ4v) is 7.60. The van der Waals surface area contributed by atoms with Gasteiger partial charge in [0, 0.05) is 43.4 Å². The summed E-state index contributed by atoms with van der Waals surface area (Å²) in [5, 5.41) is 4.10. The number of hydrogen-bond acceptors (Lipinski definition) is 6. The fraction of sp³-hybridized carbons (Fsp3) is 0.360. The Bertz CT molecular complexity index is 1580. The van der Waals surface area contributed by atoms with Gasteiger partial charge in [-0.3, -0.25) is 9.20 Å². The molecule has 0 spiro atoms. The monoisotopic (exact) mass is 548 g/mol. The Balaban J connectivity index is 1.59. The van der Waals surface area contributed by atoms with Crippen molar-refractivity contribution < 1.29 is 26.9 Å². The molecule has 1 atom stereocenters. The Kier molecular flexibility index (Phi) is 6.85. The molecule has 1 saturated heterocycles.